The number of ether oxygens (including phenoxy) is 3. The molecule has 0 aromatic carbocycles. The predicted molar refractivity (Wildman–Crippen MR) is 240 cm³/mol. The van der Waals surface area contributed by atoms with Gasteiger partial charge in [0.25, 0.3) is 0 Å². The zero-order valence-corrected chi connectivity index (χ0v) is 37.2. The summed E-state index contributed by atoms with van der Waals surface area (Å²) in [6.07, 6.45) is 52.9. The summed E-state index contributed by atoms with van der Waals surface area (Å²) in [6.45, 7) is 4.40. The average Bonchev–Trinajstić information content (AvgIpc) is 3.18. The van der Waals surface area contributed by atoms with Gasteiger partial charge < -0.3 is 28.6 Å². The molecule has 58 heavy (non-hydrogen) atoms. The van der Waals surface area contributed by atoms with Crippen LogP contribution in [0.5, 0.6) is 0 Å². The second kappa shape index (κ2) is 40.0. The maximum Gasteiger partial charge on any atom is 0.306 e. The van der Waals surface area contributed by atoms with Crippen LogP contribution in [-0.4, -0.2) is 75.5 Å². The second-order valence-corrected chi connectivity index (χ2v) is 15.6. The molecule has 0 saturated heterocycles. The average molecular weight is 808 g/mol. The molecule has 0 aliphatic heterocycles. The lowest BCUT2D eigenvalue weighted by Gasteiger charge is -2.34. The van der Waals surface area contributed by atoms with Crippen LogP contribution in [-0.2, 0) is 28.6 Å². The van der Waals surface area contributed by atoms with E-state index >= 15 is 0 Å². The summed E-state index contributed by atoms with van der Waals surface area (Å²) in [5, 5.41) is 11.6. The van der Waals surface area contributed by atoms with E-state index in [1.807, 2.05) is 12.2 Å². The Morgan fingerprint density at radius 3 is 1.60 bits per heavy atom. The number of hydrogen-bond acceptors (Lipinski definition) is 7. The molecule has 0 saturated carbocycles. The second-order valence-electron chi connectivity index (χ2n) is 15.6. The first-order chi connectivity index (χ1) is 28.1. The van der Waals surface area contributed by atoms with Crippen LogP contribution < -0.4 is 5.11 Å². The largest absolute Gasteiger partial charge is 0.544 e. The predicted octanol–water partition coefficient (Wildman–Crippen LogP) is 11.0. The lowest BCUT2D eigenvalue weighted by Crippen LogP contribution is -2.55. The van der Waals surface area contributed by atoms with Crippen LogP contribution in [0.15, 0.2) is 97.2 Å². The summed E-state index contributed by atoms with van der Waals surface area (Å²) in [5.74, 6) is -1.83. The van der Waals surface area contributed by atoms with Gasteiger partial charge in [-0.05, 0) is 83.5 Å². The van der Waals surface area contributed by atoms with E-state index < -0.39 is 18.1 Å². The number of carboxylic acids is 1. The van der Waals surface area contributed by atoms with Gasteiger partial charge in [0.15, 0.2) is 6.10 Å². The Morgan fingerprint density at radius 1 is 0.552 bits per heavy atom. The van der Waals surface area contributed by atoms with E-state index in [-0.39, 0.29) is 49.1 Å². The molecule has 2 atom stereocenters. The minimum Gasteiger partial charge on any atom is -0.544 e. The molecule has 0 aromatic rings. The molecule has 0 aliphatic carbocycles. The molecule has 0 N–H and O–H groups in total. The molecule has 0 heterocycles. The minimum absolute atomic E-state index is 0.00975. The molecule has 8 heteroatoms. The van der Waals surface area contributed by atoms with Crippen LogP contribution in [0.1, 0.15) is 149 Å². The number of aliphatic carboxylic acids is 1. The van der Waals surface area contributed by atoms with Crippen molar-refractivity contribution < 1.29 is 38.2 Å². The molecule has 328 valence electrons. The smallest absolute Gasteiger partial charge is 0.306 e. The number of rotatable bonds is 38. The van der Waals surface area contributed by atoms with E-state index in [1.165, 1.54) is 25.7 Å². The molecule has 0 rings (SSSR count). The number of carboxylic acid groups (broad SMARTS) is 1. The number of allylic oxidation sites excluding steroid dienone is 16. The Balaban J connectivity index is 4.47. The van der Waals surface area contributed by atoms with Crippen molar-refractivity contribution in [2.75, 3.05) is 41.0 Å². The van der Waals surface area contributed by atoms with E-state index in [9.17, 15) is 19.5 Å². The maximum atomic E-state index is 12.7. The van der Waals surface area contributed by atoms with Crippen molar-refractivity contribution in [1.82, 2.24) is 0 Å². The van der Waals surface area contributed by atoms with Gasteiger partial charge in [-0.3, -0.25) is 9.59 Å². The number of unbranched alkanes of at least 4 members (excludes halogenated alkanes) is 10. The zero-order chi connectivity index (χ0) is 42.8. The third kappa shape index (κ3) is 37.8. The molecule has 0 spiro atoms. The van der Waals surface area contributed by atoms with Gasteiger partial charge in [0, 0.05) is 19.3 Å². The summed E-state index contributed by atoms with van der Waals surface area (Å²) in [6, 6.07) is -0.743. The summed E-state index contributed by atoms with van der Waals surface area (Å²) >= 11 is 0. The summed E-state index contributed by atoms with van der Waals surface area (Å²) < 4.78 is 17.1. The van der Waals surface area contributed by atoms with Crippen molar-refractivity contribution in [3.8, 4) is 0 Å². The highest BCUT2D eigenvalue weighted by Gasteiger charge is 2.25. The minimum atomic E-state index is -1.14. The molecule has 8 nitrogen and oxygen atoms in total. The number of nitrogens with zero attached hydrogens (tertiary/aromatic N) is 1. The molecular weight excluding hydrogens is 727 g/mol. The van der Waals surface area contributed by atoms with Crippen LogP contribution in [0.4, 0.5) is 0 Å². The van der Waals surface area contributed by atoms with E-state index in [1.54, 1.807) is 21.1 Å². The zero-order valence-electron chi connectivity index (χ0n) is 37.2. The van der Waals surface area contributed by atoms with Gasteiger partial charge >= 0.3 is 11.9 Å². The lowest BCUT2D eigenvalue weighted by atomic mass is 10.1. The van der Waals surface area contributed by atoms with E-state index in [0.717, 1.165) is 83.5 Å². The van der Waals surface area contributed by atoms with Gasteiger partial charge in [-0.15, -0.1) is 0 Å². The third-order valence-electron chi connectivity index (χ3n) is 9.27. The molecule has 0 aromatic heterocycles. The van der Waals surface area contributed by atoms with Crippen LogP contribution in [0.25, 0.3) is 0 Å². The molecule has 0 fully saturated rings. The SMILES string of the molecule is CC/C=C/C=C/C=C/CCCCCCCC(=O)OCC(COCCC(C(=O)[O-])[N+](C)(C)C)OC(=O)CCCC/C=C/C/C=C/C/C=C/C/C=C/C/C=C/CCCCC. The normalized spacial score (nSPS) is 13.9. The Hall–Kier alpha value is -3.75. The van der Waals surface area contributed by atoms with Gasteiger partial charge in [-0.2, -0.15) is 0 Å². The molecule has 0 aliphatic rings. The highest BCUT2D eigenvalue weighted by atomic mass is 16.6. The van der Waals surface area contributed by atoms with Crippen molar-refractivity contribution in [3.05, 3.63) is 97.2 Å². The summed E-state index contributed by atoms with van der Waals surface area (Å²) in [7, 11) is 5.37. The Labute approximate surface area is 354 Å². The fourth-order valence-electron chi connectivity index (χ4n) is 5.79. The van der Waals surface area contributed by atoms with Gasteiger partial charge in [0.1, 0.15) is 12.6 Å². The molecular formula is C50H81NO7. The number of likely N-dealkylation sites (N-methyl/N-ethyl adjacent to an activating group) is 1. The van der Waals surface area contributed by atoms with Gasteiger partial charge in [0.05, 0.1) is 40.3 Å². The van der Waals surface area contributed by atoms with Crippen molar-refractivity contribution in [2.24, 2.45) is 0 Å². The first-order valence-electron chi connectivity index (χ1n) is 22.3. The third-order valence-corrected chi connectivity index (χ3v) is 9.27. The van der Waals surface area contributed by atoms with E-state index in [2.05, 4.69) is 98.9 Å². The Bertz CT molecular complexity index is 1260. The lowest BCUT2D eigenvalue weighted by molar-refractivity contribution is -0.889. The van der Waals surface area contributed by atoms with Crippen LogP contribution in [0, 0.1) is 0 Å². The fourth-order valence-corrected chi connectivity index (χ4v) is 5.79. The standard InChI is InChI=1S/C50H81NO7/c1-6-8-10-12-14-16-18-20-21-22-23-24-25-26-27-29-31-33-35-37-39-41-49(53)58-46(44-56-43-42-47(50(54)55)51(3,4)5)45-57-48(52)40-38-36-34-32-30-28-19-17-15-13-11-9-7-2/h9,11,13-17,19-21,23-24,26-27,31,33,46-47H,6-8,10,12,18,22,25,28-30,32,34-45H2,1-5H3/b11-9+,15-13+,16-14+,19-17+,21-20+,24-23+,27-26+,33-31+. The van der Waals surface area contributed by atoms with E-state index in [4.69, 9.17) is 14.2 Å². The molecule has 0 amide bonds. The highest BCUT2D eigenvalue weighted by Crippen LogP contribution is 2.11. The molecule has 2 unspecified atom stereocenters. The van der Waals surface area contributed by atoms with Crippen LogP contribution >= 0.6 is 0 Å². The maximum absolute atomic E-state index is 12.7. The quantitative estimate of drug-likeness (QED) is 0.0201. The summed E-state index contributed by atoms with van der Waals surface area (Å²) in [4.78, 5) is 36.8. The van der Waals surface area contributed by atoms with Crippen molar-refractivity contribution >= 4 is 17.9 Å². The van der Waals surface area contributed by atoms with Crippen molar-refractivity contribution in [3.63, 3.8) is 0 Å². The number of quaternary nitrogens is 1. The van der Waals surface area contributed by atoms with Crippen molar-refractivity contribution in [1.29, 1.82) is 0 Å². The summed E-state index contributed by atoms with van der Waals surface area (Å²) in [5.41, 5.74) is 0. The number of esters is 2. The highest BCUT2D eigenvalue weighted by molar-refractivity contribution is 5.70. The monoisotopic (exact) mass is 808 g/mol. The Morgan fingerprint density at radius 2 is 1.03 bits per heavy atom. The first kappa shape index (κ1) is 54.2. The number of carbonyl (C=O) groups is 3. The Kier molecular flexibility index (Phi) is 37.5. The van der Waals surface area contributed by atoms with Crippen LogP contribution in [0.3, 0.4) is 0 Å². The first-order valence-corrected chi connectivity index (χ1v) is 22.3. The van der Waals surface area contributed by atoms with E-state index in [0.29, 0.717) is 12.8 Å². The van der Waals surface area contributed by atoms with Gasteiger partial charge in [-0.25, -0.2) is 0 Å². The molecule has 0 radical (unpaired) electrons. The number of carbonyl (C=O) groups excluding carboxylic acids is 3. The van der Waals surface area contributed by atoms with Crippen molar-refractivity contribution in [2.45, 2.75) is 161 Å². The van der Waals surface area contributed by atoms with Crippen LogP contribution in [0.2, 0.25) is 0 Å². The topological polar surface area (TPSA) is 102 Å². The fraction of sp³-hybridized carbons (Fsp3) is 0.620. The number of hydrogen-bond donors (Lipinski definition) is 0. The molecule has 0 bridgehead atoms. The van der Waals surface area contributed by atoms with Gasteiger partial charge in [-0.1, -0.05) is 143 Å². The van der Waals surface area contributed by atoms with Gasteiger partial charge in [0.2, 0.25) is 0 Å².